The highest BCUT2D eigenvalue weighted by Gasteiger charge is 2.68. The average molecular weight is 624 g/mol. The van der Waals surface area contributed by atoms with Crippen molar-refractivity contribution in [3.63, 3.8) is 0 Å². The van der Waals surface area contributed by atoms with E-state index in [1.165, 1.54) is 0 Å². The molecule has 3 N–H and O–H groups in total. The summed E-state index contributed by atoms with van der Waals surface area (Å²) in [6.45, 7) is 3.74. The molecule has 3 fully saturated rings. The highest BCUT2D eigenvalue weighted by molar-refractivity contribution is 6.01. The number of Topliss-reactive ketones (excluding diaryl/α,β-unsaturated/α-hetero) is 1. The van der Waals surface area contributed by atoms with Crippen LogP contribution in [0.25, 0.3) is 0 Å². The van der Waals surface area contributed by atoms with Crippen LogP contribution in [0.2, 0.25) is 0 Å². The van der Waals surface area contributed by atoms with Crippen LogP contribution < -0.4 is 14.8 Å². The fourth-order valence-electron chi connectivity index (χ4n) is 8.81. The molecule has 1 aromatic carbocycles. The van der Waals surface area contributed by atoms with Gasteiger partial charge in [-0.05, 0) is 80.2 Å². The Morgan fingerprint density at radius 3 is 2.56 bits per heavy atom. The molecule has 0 unspecified atom stereocenters. The maximum absolute atomic E-state index is 13.5. The number of carbonyl (C=O) groups excluding carboxylic acids is 4. The molecule has 244 valence electrons. The van der Waals surface area contributed by atoms with Crippen LogP contribution in [0.4, 0.5) is 0 Å². The van der Waals surface area contributed by atoms with Gasteiger partial charge in [-0.2, -0.15) is 0 Å². The molecule has 0 bridgehead atoms. The van der Waals surface area contributed by atoms with Gasteiger partial charge in [-0.25, -0.2) is 0 Å². The van der Waals surface area contributed by atoms with E-state index in [0.717, 1.165) is 24.0 Å². The van der Waals surface area contributed by atoms with E-state index in [-0.39, 0.29) is 55.1 Å². The summed E-state index contributed by atoms with van der Waals surface area (Å²) < 4.78 is 15.8. The molecule has 0 aliphatic heterocycles. The Labute approximate surface area is 264 Å². The van der Waals surface area contributed by atoms with Crippen LogP contribution in [0, 0.1) is 28.6 Å². The highest BCUT2D eigenvalue weighted by Crippen LogP contribution is 2.67. The molecular formula is C35H45NO9. The van der Waals surface area contributed by atoms with E-state index < -0.39 is 40.9 Å². The van der Waals surface area contributed by atoms with E-state index in [0.29, 0.717) is 30.9 Å². The van der Waals surface area contributed by atoms with E-state index in [1.807, 2.05) is 25.1 Å². The summed E-state index contributed by atoms with van der Waals surface area (Å²) in [4.78, 5) is 50.3. The van der Waals surface area contributed by atoms with Gasteiger partial charge in [0.1, 0.15) is 5.60 Å². The molecule has 7 atom stereocenters. The fourth-order valence-corrected chi connectivity index (χ4v) is 8.81. The lowest BCUT2D eigenvalue weighted by Gasteiger charge is -2.59. The number of hydrogen-bond donors (Lipinski definition) is 3. The zero-order valence-corrected chi connectivity index (χ0v) is 26.6. The second-order valence-corrected chi connectivity index (χ2v) is 13.5. The van der Waals surface area contributed by atoms with Crippen LogP contribution in [-0.4, -0.2) is 72.7 Å². The molecule has 45 heavy (non-hydrogen) atoms. The van der Waals surface area contributed by atoms with Crippen LogP contribution >= 0.6 is 0 Å². The molecule has 10 heteroatoms. The van der Waals surface area contributed by atoms with Crippen molar-refractivity contribution in [2.24, 2.45) is 28.6 Å². The summed E-state index contributed by atoms with van der Waals surface area (Å²) in [5, 5.41) is 26.1. The van der Waals surface area contributed by atoms with Gasteiger partial charge in [0.2, 0.25) is 11.7 Å². The number of nitrogens with one attached hydrogen (secondary N) is 1. The minimum absolute atomic E-state index is 0.00246. The molecule has 0 aromatic heterocycles. The first-order chi connectivity index (χ1) is 21.4. The standard InChI is InChI=1S/C35H45NO9/c1-33-14-11-23(37)18-22(33)6-7-24-25-12-15-35(42,34(25,2)19-26(38)32(24)33)29(39)20-45-31(41)10-9-30(40)36-16-13-21-5-8-27(43-3)28(17-21)44-4/h5,8,11,14,17-18,24-26,32,38,42H,6-7,9-10,12-13,15-16,19-20H2,1-4H3,(H,36,40)/t24-,25+,26-,32-,33-,34-,35-/m0/s1. The molecule has 4 aliphatic rings. The van der Waals surface area contributed by atoms with E-state index in [2.05, 4.69) is 12.2 Å². The number of carbonyl (C=O) groups is 4. The first kappa shape index (κ1) is 32.9. The average Bonchev–Trinajstić information content (AvgIpc) is 3.29. The van der Waals surface area contributed by atoms with Crippen LogP contribution in [-0.2, 0) is 30.3 Å². The van der Waals surface area contributed by atoms with Gasteiger partial charge < -0.3 is 29.7 Å². The molecule has 1 amide bonds. The number of fused-ring (bicyclic) bond motifs is 5. The minimum Gasteiger partial charge on any atom is -0.493 e. The lowest BCUT2D eigenvalue weighted by Crippen LogP contribution is -2.61. The van der Waals surface area contributed by atoms with Gasteiger partial charge in [0.05, 0.1) is 26.7 Å². The molecule has 1 aromatic rings. The third-order valence-electron chi connectivity index (χ3n) is 11.2. The van der Waals surface area contributed by atoms with Crippen molar-refractivity contribution in [1.29, 1.82) is 0 Å². The van der Waals surface area contributed by atoms with Crippen molar-refractivity contribution >= 4 is 23.4 Å². The summed E-state index contributed by atoms with van der Waals surface area (Å²) >= 11 is 0. The first-order valence-electron chi connectivity index (χ1n) is 15.9. The highest BCUT2D eigenvalue weighted by atomic mass is 16.5. The normalized spacial score (nSPS) is 33.3. The van der Waals surface area contributed by atoms with Gasteiger partial charge in [0.25, 0.3) is 0 Å². The smallest absolute Gasteiger partial charge is 0.306 e. The molecule has 0 radical (unpaired) electrons. The van der Waals surface area contributed by atoms with Gasteiger partial charge in [-0.15, -0.1) is 0 Å². The maximum atomic E-state index is 13.5. The third kappa shape index (κ3) is 5.94. The van der Waals surface area contributed by atoms with Gasteiger partial charge in [-0.1, -0.05) is 31.6 Å². The topological polar surface area (TPSA) is 148 Å². The number of rotatable bonds is 11. The van der Waals surface area contributed by atoms with Gasteiger partial charge in [-0.3, -0.25) is 19.2 Å². The largest absolute Gasteiger partial charge is 0.493 e. The van der Waals surface area contributed by atoms with E-state index in [1.54, 1.807) is 32.4 Å². The van der Waals surface area contributed by atoms with Crippen LogP contribution in [0.15, 0.2) is 42.0 Å². The van der Waals surface area contributed by atoms with Crippen molar-refractivity contribution in [2.75, 3.05) is 27.4 Å². The Morgan fingerprint density at radius 2 is 1.82 bits per heavy atom. The third-order valence-corrected chi connectivity index (χ3v) is 11.2. The predicted molar refractivity (Wildman–Crippen MR) is 164 cm³/mol. The first-order valence-corrected chi connectivity index (χ1v) is 15.9. The van der Waals surface area contributed by atoms with Crippen LogP contribution in [0.3, 0.4) is 0 Å². The lowest BCUT2D eigenvalue weighted by molar-refractivity contribution is -0.181. The molecule has 0 saturated heterocycles. The van der Waals surface area contributed by atoms with Gasteiger partial charge in [0, 0.05) is 29.7 Å². The Kier molecular flexibility index (Phi) is 9.29. The summed E-state index contributed by atoms with van der Waals surface area (Å²) in [5.41, 5.74) is -1.05. The Bertz CT molecular complexity index is 1420. The number of ketones is 2. The second kappa shape index (κ2) is 12.7. The van der Waals surface area contributed by atoms with Crippen molar-refractivity contribution in [1.82, 2.24) is 5.32 Å². The number of benzene rings is 1. The molecule has 10 nitrogen and oxygen atoms in total. The Hall–Kier alpha value is -3.50. The number of methoxy groups -OCH3 is 2. The molecular weight excluding hydrogens is 578 g/mol. The second-order valence-electron chi connectivity index (χ2n) is 13.5. The van der Waals surface area contributed by atoms with E-state index in [9.17, 15) is 29.4 Å². The van der Waals surface area contributed by atoms with Crippen molar-refractivity contribution in [3.8, 4) is 11.5 Å². The predicted octanol–water partition coefficient (Wildman–Crippen LogP) is 3.26. The maximum Gasteiger partial charge on any atom is 0.306 e. The number of amides is 1. The number of aliphatic hydroxyl groups excluding tert-OH is 1. The SMILES string of the molecule is COc1ccc(CCNC(=O)CCC(=O)OCC(=O)[C@@]2(O)CC[C@@H]3[C@@H]4CCC5=CC(=O)C=C[C@]5(C)[C@@H]4[C@@H](O)C[C@@]32C)cc1OC. The lowest BCUT2D eigenvalue weighted by atomic mass is 9.46. The fraction of sp³-hybridized carbons (Fsp3) is 0.600. The summed E-state index contributed by atoms with van der Waals surface area (Å²) in [5.74, 6) is -0.419. The molecule has 5 rings (SSSR count). The number of hydrogen-bond acceptors (Lipinski definition) is 9. The molecule has 0 spiro atoms. The zero-order valence-electron chi connectivity index (χ0n) is 26.6. The number of allylic oxidation sites excluding steroid dienone is 4. The Balaban J connectivity index is 1.11. The van der Waals surface area contributed by atoms with Crippen molar-refractivity contribution < 1.29 is 43.6 Å². The quantitative estimate of drug-likeness (QED) is 0.316. The summed E-state index contributed by atoms with van der Waals surface area (Å²) in [7, 11) is 3.12. The number of esters is 1. The summed E-state index contributed by atoms with van der Waals surface area (Å²) in [6.07, 6.45) is 7.33. The van der Waals surface area contributed by atoms with Crippen molar-refractivity contribution in [2.45, 2.75) is 76.9 Å². The molecule has 4 aliphatic carbocycles. The molecule has 0 heterocycles. The van der Waals surface area contributed by atoms with Crippen LogP contribution in [0.5, 0.6) is 11.5 Å². The zero-order chi connectivity index (χ0) is 32.6. The molecule has 3 saturated carbocycles. The van der Waals surface area contributed by atoms with E-state index >= 15 is 0 Å². The van der Waals surface area contributed by atoms with Crippen LogP contribution in [0.1, 0.15) is 64.4 Å². The van der Waals surface area contributed by atoms with Crippen molar-refractivity contribution in [3.05, 3.63) is 47.6 Å². The van der Waals surface area contributed by atoms with E-state index in [4.69, 9.17) is 14.2 Å². The number of aliphatic hydroxyl groups is 2. The monoisotopic (exact) mass is 623 g/mol. The Morgan fingerprint density at radius 1 is 1.07 bits per heavy atom. The van der Waals surface area contributed by atoms with Gasteiger partial charge in [0.15, 0.2) is 23.9 Å². The minimum atomic E-state index is -1.74. The van der Waals surface area contributed by atoms with Gasteiger partial charge >= 0.3 is 5.97 Å². The summed E-state index contributed by atoms with van der Waals surface area (Å²) in [6, 6.07) is 5.52. The number of ether oxygens (including phenoxy) is 3.